The van der Waals surface area contributed by atoms with Crippen LogP contribution in [0, 0.1) is 17.2 Å². The Hall–Kier alpha value is -3.36. The van der Waals surface area contributed by atoms with E-state index in [0.717, 1.165) is 54.5 Å². The number of nitrogens with zero attached hydrogens (tertiary/aromatic N) is 5. The zero-order valence-corrected chi connectivity index (χ0v) is 23.0. The number of urea groups is 1. The van der Waals surface area contributed by atoms with E-state index in [4.69, 9.17) is 14.5 Å². The monoisotopic (exact) mass is 538 g/mol. The summed E-state index contributed by atoms with van der Waals surface area (Å²) in [5.74, 6) is 2.26. The van der Waals surface area contributed by atoms with E-state index in [1.54, 1.807) is 34.7 Å². The Morgan fingerprint density at radius 1 is 1.37 bits per heavy atom. The molecule has 0 aromatic carbocycles. The lowest BCUT2D eigenvalue weighted by Crippen LogP contribution is -2.40. The summed E-state index contributed by atoms with van der Waals surface area (Å²) in [7, 11) is 3.32. The molecule has 11 heteroatoms. The van der Waals surface area contributed by atoms with Gasteiger partial charge in [0.2, 0.25) is 11.8 Å². The van der Waals surface area contributed by atoms with Crippen molar-refractivity contribution in [2.75, 3.05) is 56.1 Å². The van der Waals surface area contributed by atoms with E-state index in [2.05, 4.69) is 22.6 Å². The van der Waals surface area contributed by atoms with Crippen LogP contribution < -0.4 is 15.0 Å². The first-order chi connectivity index (χ1) is 18.4. The third kappa shape index (κ3) is 6.37. The molecule has 0 spiro atoms. The number of hydrogen-bond donors (Lipinski definition) is 1. The number of rotatable bonds is 9. The van der Waals surface area contributed by atoms with E-state index in [0.29, 0.717) is 49.4 Å². The Morgan fingerprint density at radius 2 is 2.21 bits per heavy atom. The maximum absolute atomic E-state index is 13.3. The number of ether oxygens (including phenoxy) is 2. The summed E-state index contributed by atoms with van der Waals surface area (Å²) in [6.45, 7) is 1.94. The summed E-state index contributed by atoms with van der Waals surface area (Å²) in [4.78, 5) is 38.4. The number of aryl methyl sites for hydroxylation is 2. The van der Waals surface area contributed by atoms with Crippen LogP contribution in [-0.4, -0.2) is 72.7 Å². The second kappa shape index (κ2) is 12.9. The molecule has 3 amide bonds. The number of fused-ring (bicyclic) bond motifs is 1. The smallest absolute Gasteiger partial charge is 0.328 e. The number of aromatic nitrogens is 2. The topological polar surface area (TPSA) is 121 Å². The molecule has 1 unspecified atom stereocenters. The Labute approximate surface area is 227 Å². The van der Waals surface area contributed by atoms with Crippen molar-refractivity contribution < 1.29 is 19.1 Å². The van der Waals surface area contributed by atoms with Crippen molar-refractivity contribution in [3.63, 3.8) is 0 Å². The van der Waals surface area contributed by atoms with Gasteiger partial charge in [0, 0.05) is 32.0 Å². The van der Waals surface area contributed by atoms with Gasteiger partial charge in [0.1, 0.15) is 17.7 Å². The minimum atomic E-state index is -0.339. The van der Waals surface area contributed by atoms with E-state index >= 15 is 0 Å². The summed E-state index contributed by atoms with van der Waals surface area (Å²) >= 11 is 1.76. The van der Waals surface area contributed by atoms with Crippen LogP contribution in [0.3, 0.4) is 0 Å². The Balaban J connectivity index is 1.51. The fraction of sp³-hybridized carbons (Fsp3) is 0.519. The highest BCUT2D eigenvalue weighted by Crippen LogP contribution is 2.32. The van der Waals surface area contributed by atoms with Crippen molar-refractivity contribution in [1.29, 1.82) is 5.26 Å². The zero-order chi connectivity index (χ0) is 27.1. The van der Waals surface area contributed by atoms with Gasteiger partial charge in [0.05, 0.1) is 31.7 Å². The summed E-state index contributed by atoms with van der Waals surface area (Å²) in [6.07, 6.45) is 7.53. The average Bonchev–Trinajstić information content (AvgIpc) is 3.47. The van der Waals surface area contributed by atoms with Crippen molar-refractivity contribution in [3.8, 4) is 11.9 Å². The van der Waals surface area contributed by atoms with Crippen molar-refractivity contribution in [3.05, 3.63) is 40.6 Å². The van der Waals surface area contributed by atoms with Crippen molar-refractivity contribution in [2.45, 2.75) is 38.6 Å². The molecule has 2 aromatic heterocycles. The average molecular weight is 539 g/mol. The van der Waals surface area contributed by atoms with Crippen LogP contribution in [0.4, 0.5) is 16.4 Å². The number of nitrogens with one attached hydrogen (secondary N) is 1. The highest BCUT2D eigenvalue weighted by molar-refractivity contribution is 7.98. The quantitative estimate of drug-likeness (QED) is 0.481. The second-order valence-corrected chi connectivity index (χ2v) is 10.5. The van der Waals surface area contributed by atoms with Crippen molar-refractivity contribution in [2.24, 2.45) is 5.92 Å². The molecule has 1 atom stereocenters. The maximum Gasteiger partial charge on any atom is 0.328 e. The highest BCUT2D eigenvalue weighted by atomic mass is 32.2. The molecule has 0 radical (unpaired) electrons. The molecule has 1 fully saturated rings. The first-order valence-corrected chi connectivity index (χ1v) is 14.2. The molecule has 1 saturated heterocycles. The predicted octanol–water partition coefficient (Wildman–Crippen LogP) is 3.63. The summed E-state index contributed by atoms with van der Waals surface area (Å²) < 4.78 is 10.9. The molecular weight excluding hydrogens is 504 g/mol. The molecule has 2 aliphatic heterocycles. The number of anilines is 2. The third-order valence-electron chi connectivity index (χ3n) is 6.84. The van der Waals surface area contributed by atoms with Crippen LogP contribution >= 0.6 is 11.8 Å². The predicted molar refractivity (Wildman–Crippen MR) is 147 cm³/mol. The third-order valence-corrected chi connectivity index (χ3v) is 7.54. The Bertz CT molecular complexity index is 1210. The van der Waals surface area contributed by atoms with E-state index in [1.165, 1.54) is 13.3 Å². The fourth-order valence-corrected chi connectivity index (χ4v) is 5.28. The van der Waals surface area contributed by atoms with Gasteiger partial charge in [0.15, 0.2) is 0 Å². The largest absolute Gasteiger partial charge is 0.481 e. The van der Waals surface area contributed by atoms with Crippen molar-refractivity contribution >= 4 is 35.3 Å². The van der Waals surface area contributed by atoms with Crippen LogP contribution in [0.15, 0.2) is 18.3 Å². The molecular formula is C27H34N6O4S. The van der Waals surface area contributed by atoms with Gasteiger partial charge in [-0.1, -0.05) is 0 Å². The zero-order valence-electron chi connectivity index (χ0n) is 22.2. The summed E-state index contributed by atoms with van der Waals surface area (Å²) in [5.41, 5.74) is 3.12. The van der Waals surface area contributed by atoms with Gasteiger partial charge in [-0.2, -0.15) is 22.0 Å². The molecule has 4 rings (SSSR count). The molecule has 2 aliphatic rings. The van der Waals surface area contributed by atoms with Crippen LogP contribution in [0.25, 0.3) is 0 Å². The number of carbonyl (C=O) groups is 2. The van der Waals surface area contributed by atoms with E-state index in [1.807, 2.05) is 6.07 Å². The lowest BCUT2D eigenvalue weighted by Gasteiger charge is -2.30. The Morgan fingerprint density at radius 3 is 2.92 bits per heavy atom. The number of methoxy groups -OCH3 is 1. The first-order valence-electron chi connectivity index (χ1n) is 12.8. The van der Waals surface area contributed by atoms with Gasteiger partial charge < -0.3 is 14.4 Å². The van der Waals surface area contributed by atoms with E-state index < -0.39 is 0 Å². The van der Waals surface area contributed by atoms with Gasteiger partial charge in [0.25, 0.3) is 0 Å². The fourth-order valence-electron chi connectivity index (χ4n) is 4.85. The minimum absolute atomic E-state index is 0.0472. The summed E-state index contributed by atoms with van der Waals surface area (Å²) in [5, 5.41) is 12.3. The number of hydrogen-bond acceptors (Lipinski definition) is 8. The van der Waals surface area contributed by atoms with E-state index in [-0.39, 0.29) is 17.9 Å². The molecule has 0 saturated carbocycles. The van der Waals surface area contributed by atoms with Gasteiger partial charge in [-0.3, -0.25) is 15.0 Å². The van der Waals surface area contributed by atoms with Gasteiger partial charge in [-0.05, 0) is 67.4 Å². The highest BCUT2D eigenvalue weighted by Gasteiger charge is 2.29. The lowest BCUT2D eigenvalue weighted by molar-refractivity contribution is -0.134. The first kappa shape index (κ1) is 27.7. The van der Waals surface area contributed by atoms with Gasteiger partial charge >= 0.3 is 6.03 Å². The molecule has 4 heterocycles. The van der Waals surface area contributed by atoms with Crippen molar-refractivity contribution in [1.82, 2.24) is 14.9 Å². The normalized spacial score (nSPS) is 16.5. The molecule has 10 nitrogen and oxygen atoms in total. The SMILES string of the molecule is COc1nc2c(cc1CN(C)C(=O)C1CCOC1)CCCN2C(=O)Nc1cc(CCCSC)c(C#N)cn1. The minimum Gasteiger partial charge on any atom is -0.481 e. The second-order valence-electron chi connectivity index (χ2n) is 9.51. The van der Waals surface area contributed by atoms with Crippen LogP contribution in [0.1, 0.15) is 41.5 Å². The van der Waals surface area contributed by atoms with Crippen LogP contribution in [0.2, 0.25) is 0 Å². The van der Waals surface area contributed by atoms with Gasteiger partial charge in [-0.25, -0.2) is 9.78 Å². The van der Waals surface area contributed by atoms with Crippen LogP contribution in [0.5, 0.6) is 5.88 Å². The molecule has 0 aliphatic carbocycles. The lowest BCUT2D eigenvalue weighted by atomic mass is 10.0. The molecule has 38 heavy (non-hydrogen) atoms. The Kier molecular flexibility index (Phi) is 9.42. The maximum atomic E-state index is 13.3. The van der Waals surface area contributed by atoms with E-state index in [9.17, 15) is 14.9 Å². The summed E-state index contributed by atoms with van der Waals surface area (Å²) in [6, 6.07) is 5.61. The molecule has 1 N–H and O–H groups in total. The van der Waals surface area contributed by atoms with Crippen LogP contribution in [-0.2, 0) is 28.9 Å². The number of thioether (sulfide) groups is 1. The number of nitriles is 1. The number of amides is 3. The number of pyridine rings is 2. The molecule has 2 aromatic rings. The molecule has 0 bridgehead atoms. The van der Waals surface area contributed by atoms with Gasteiger partial charge in [-0.15, -0.1) is 0 Å². The standard InChI is InChI=1S/C27H34N6O4S/c1-32(26(34)20-8-10-37-17-20)16-21-12-19-6-4-9-33(24(19)31-25(21)36-2)27(35)30-23-13-18(7-5-11-38-3)22(14-28)15-29-23/h12-13,15,20H,4-11,16-17H2,1-3H3,(H,29,30,35). The molecule has 202 valence electrons. The number of carbonyl (C=O) groups excluding carboxylic acids is 2.